The standard InChI is InChI=1S/C19H16/c1-3-7-14(8-4-1)18-16-11-12-17(13-16)19(18)15-9-5-2-6-10-15/h1-12,16-17H,13H2. The summed E-state index contributed by atoms with van der Waals surface area (Å²) in [5.74, 6) is 1.23. The lowest BCUT2D eigenvalue weighted by Gasteiger charge is -2.17. The molecule has 2 aliphatic carbocycles. The molecule has 92 valence electrons. The summed E-state index contributed by atoms with van der Waals surface area (Å²) in [4.78, 5) is 0. The molecule has 0 amide bonds. The molecule has 0 saturated heterocycles. The van der Waals surface area contributed by atoms with Crippen molar-refractivity contribution in [3.63, 3.8) is 0 Å². The highest BCUT2D eigenvalue weighted by atomic mass is 14.4. The molecule has 0 radical (unpaired) electrons. The Morgan fingerprint density at radius 1 is 0.579 bits per heavy atom. The molecule has 2 aromatic rings. The van der Waals surface area contributed by atoms with Crippen LogP contribution in [-0.2, 0) is 0 Å². The van der Waals surface area contributed by atoms with E-state index in [-0.39, 0.29) is 0 Å². The summed E-state index contributed by atoms with van der Waals surface area (Å²) in [5.41, 5.74) is 5.86. The van der Waals surface area contributed by atoms with Crippen molar-refractivity contribution in [2.24, 2.45) is 11.8 Å². The molecule has 0 N–H and O–H groups in total. The molecule has 2 bridgehead atoms. The van der Waals surface area contributed by atoms with Gasteiger partial charge in [-0.15, -0.1) is 0 Å². The first kappa shape index (κ1) is 10.8. The summed E-state index contributed by atoms with van der Waals surface area (Å²) >= 11 is 0. The van der Waals surface area contributed by atoms with Crippen molar-refractivity contribution in [3.8, 4) is 0 Å². The summed E-state index contributed by atoms with van der Waals surface area (Å²) in [7, 11) is 0. The van der Waals surface area contributed by atoms with Gasteiger partial charge < -0.3 is 0 Å². The number of hydrogen-bond donors (Lipinski definition) is 0. The van der Waals surface area contributed by atoms with Gasteiger partial charge in [0.2, 0.25) is 0 Å². The van der Waals surface area contributed by atoms with Crippen molar-refractivity contribution in [2.75, 3.05) is 0 Å². The van der Waals surface area contributed by atoms with E-state index in [4.69, 9.17) is 0 Å². The maximum Gasteiger partial charge on any atom is 0.00361 e. The normalized spacial score (nSPS) is 24.2. The monoisotopic (exact) mass is 244 g/mol. The number of hydrogen-bond acceptors (Lipinski definition) is 0. The summed E-state index contributed by atoms with van der Waals surface area (Å²) in [5, 5.41) is 0. The van der Waals surface area contributed by atoms with Crippen LogP contribution in [0.25, 0.3) is 11.1 Å². The van der Waals surface area contributed by atoms with Gasteiger partial charge in [0.05, 0.1) is 0 Å². The molecule has 2 unspecified atom stereocenters. The molecule has 0 aliphatic heterocycles. The van der Waals surface area contributed by atoms with E-state index in [0.717, 1.165) is 0 Å². The first-order valence-corrected chi connectivity index (χ1v) is 6.97. The molecule has 0 saturated carbocycles. The number of fused-ring (bicyclic) bond motifs is 2. The molecule has 2 aromatic carbocycles. The molecule has 4 rings (SSSR count). The fraction of sp³-hybridized carbons (Fsp3) is 0.158. The minimum absolute atomic E-state index is 0.614. The maximum absolute atomic E-state index is 2.39. The maximum atomic E-state index is 2.39. The van der Waals surface area contributed by atoms with Crippen LogP contribution in [0.3, 0.4) is 0 Å². The van der Waals surface area contributed by atoms with E-state index in [1.807, 2.05) is 0 Å². The van der Waals surface area contributed by atoms with Gasteiger partial charge in [-0.05, 0) is 28.7 Å². The Bertz CT molecular complexity index is 589. The zero-order chi connectivity index (χ0) is 12.7. The smallest absolute Gasteiger partial charge is 0.00361 e. The second-order valence-corrected chi connectivity index (χ2v) is 5.39. The third-order valence-electron chi connectivity index (χ3n) is 4.28. The molecule has 0 nitrogen and oxygen atoms in total. The second-order valence-electron chi connectivity index (χ2n) is 5.39. The van der Waals surface area contributed by atoms with E-state index in [9.17, 15) is 0 Å². The fourth-order valence-electron chi connectivity index (χ4n) is 3.50. The van der Waals surface area contributed by atoms with E-state index >= 15 is 0 Å². The van der Waals surface area contributed by atoms with Gasteiger partial charge in [-0.25, -0.2) is 0 Å². The van der Waals surface area contributed by atoms with Crippen molar-refractivity contribution in [3.05, 3.63) is 83.9 Å². The predicted molar refractivity (Wildman–Crippen MR) is 80.4 cm³/mol. The first-order valence-electron chi connectivity index (χ1n) is 6.97. The van der Waals surface area contributed by atoms with Crippen LogP contribution in [0.1, 0.15) is 17.5 Å². The summed E-state index contributed by atoms with van der Waals surface area (Å²) in [6.45, 7) is 0. The molecule has 2 aliphatic rings. The molecule has 0 heterocycles. The van der Waals surface area contributed by atoms with Crippen LogP contribution >= 0.6 is 0 Å². The van der Waals surface area contributed by atoms with E-state index in [1.54, 1.807) is 11.1 Å². The highest BCUT2D eigenvalue weighted by Gasteiger charge is 2.35. The Kier molecular flexibility index (Phi) is 2.41. The molecule has 0 spiro atoms. The molecule has 19 heavy (non-hydrogen) atoms. The van der Waals surface area contributed by atoms with Gasteiger partial charge in [0.1, 0.15) is 0 Å². The fourth-order valence-corrected chi connectivity index (χ4v) is 3.50. The summed E-state index contributed by atoms with van der Waals surface area (Å²) < 4.78 is 0. The van der Waals surface area contributed by atoms with E-state index in [1.165, 1.54) is 17.5 Å². The molecule has 0 fully saturated rings. The molecular formula is C19H16. The van der Waals surface area contributed by atoms with E-state index in [0.29, 0.717) is 11.8 Å². The zero-order valence-corrected chi connectivity index (χ0v) is 10.8. The van der Waals surface area contributed by atoms with Gasteiger partial charge in [0.25, 0.3) is 0 Å². The van der Waals surface area contributed by atoms with Gasteiger partial charge in [0.15, 0.2) is 0 Å². The average Bonchev–Trinajstić information content (AvgIpc) is 3.10. The third kappa shape index (κ3) is 1.67. The zero-order valence-electron chi connectivity index (χ0n) is 10.8. The van der Waals surface area contributed by atoms with Gasteiger partial charge in [-0.1, -0.05) is 72.8 Å². The highest BCUT2D eigenvalue weighted by molar-refractivity contribution is 5.97. The quantitative estimate of drug-likeness (QED) is 0.665. The van der Waals surface area contributed by atoms with Crippen LogP contribution in [0, 0.1) is 11.8 Å². The Morgan fingerprint density at radius 3 is 1.42 bits per heavy atom. The van der Waals surface area contributed by atoms with Crippen molar-refractivity contribution in [2.45, 2.75) is 6.42 Å². The third-order valence-corrected chi connectivity index (χ3v) is 4.28. The number of benzene rings is 2. The minimum atomic E-state index is 0.614. The minimum Gasteiger partial charge on any atom is -0.0803 e. The number of rotatable bonds is 2. The lowest BCUT2D eigenvalue weighted by atomic mass is 9.87. The Balaban J connectivity index is 1.91. The number of allylic oxidation sites excluding steroid dienone is 4. The van der Waals surface area contributed by atoms with Crippen LogP contribution in [0.2, 0.25) is 0 Å². The SMILES string of the molecule is C1=CC2CC1C(c1ccccc1)=C2c1ccccc1. The van der Waals surface area contributed by atoms with E-state index < -0.39 is 0 Å². The largest absolute Gasteiger partial charge is 0.0803 e. The molecule has 0 heteroatoms. The van der Waals surface area contributed by atoms with Crippen LogP contribution < -0.4 is 0 Å². The van der Waals surface area contributed by atoms with Crippen molar-refractivity contribution in [1.29, 1.82) is 0 Å². The van der Waals surface area contributed by atoms with Gasteiger partial charge in [-0.2, -0.15) is 0 Å². The molecule has 2 atom stereocenters. The van der Waals surface area contributed by atoms with Crippen LogP contribution in [-0.4, -0.2) is 0 Å². The van der Waals surface area contributed by atoms with E-state index in [2.05, 4.69) is 72.8 Å². The average molecular weight is 244 g/mol. The van der Waals surface area contributed by atoms with Crippen molar-refractivity contribution >= 4 is 11.1 Å². The Hall–Kier alpha value is -2.08. The topological polar surface area (TPSA) is 0 Å². The Labute approximate surface area is 114 Å². The van der Waals surface area contributed by atoms with Gasteiger partial charge >= 0.3 is 0 Å². The predicted octanol–water partition coefficient (Wildman–Crippen LogP) is 4.80. The van der Waals surface area contributed by atoms with Crippen LogP contribution in [0.5, 0.6) is 0 Å². The van der Waals surface area contributed by atoms with Gasteiger partial charge in [-0.3, -0.25) is 0 Å². The summed E-state index contributed by atoms with van der Waals surface area (Å²) in [6, 6.07) is 21.7. The first-order chi connectivity index (χ1) is 9.43. The Morgan fingerprint density at radius 2 is 1.00 bits per heavy atom. The summed E-state index contributed by atoms with van der Waals surface area (Å²) in [6.07, 6.45) is 6.04. The van der Waals surface area contributed by atoms with Crippen LogP contribution in [0.4, 0.5) is 0 Å². The van der Waals surface area contributed by atoms with Crippen molar-refractivity contribution < 1.29 is 0 Å². The highest BCUT2D eigenvalue weighted by Crippen LogP contribution is 2.52. The second kappa shape index (κ2) is 4.24. The van der Waals surface area contributed by atoms with Crippen LogP contribution in [0.15, 0.2) is 72.8 Å². The lowest BCUT2D eigenvalue weighted by Crippen LogP contribution is -1.98. The van der Waals surface area contributed by atoms with Crippen molar-refractivity contribution in [1.82, 2.24) is 0 Å². The lowest BCUT2D eigenvalue weighted by molar-refractivity contribution is 0.746. The van der Waals surface area contributed by atoms with Gasteiger partial charge in [0, 0.05) is 11.8 Å². The molecular weight excluding hydrogens is 228 g/mol. The molecule has 0 aromatic heterocycles.